The van der Waals surface area contributed by atoms with Crippen LogP contribution in [0.3, 0.4) is 0 Å². The van der Waals surface area contributed by atoms with Gasteiger partial charge in [-0.15, -0.1) is 0 Å². The number of carbonyl (C=O) groups excluding carboxylic acids is 1. The second-order valence-corrected chi connectivity index (χ2v) is 5.58. The summed E-state index contributed by atoms with van der Waals surface area (Å²) >= 11 is 0. The monoisotopic (exact) mass is 302 g/mol. The van der Waals surface area contributed by atoms with Gasteiger partial charge in [0, 0.05) is 18.8 Å². The van der Waals surface area contributed by atoms with Gasteiger partial charge in [-0.3, -0.25) is 0 Å². The van der Waals surface area contributed by atoms with Crippen LogP contribution in [0, 0.1) is 0 Å². The smallest absolute Gasteiger partial charge is 0.339 e. The molecule has 0 aliphatic rings. The van der Waals surface area contributed by atoms with Crippen LogP contribution in [0.1, 0.15) is 17.3 Å². The van der Waals surface area contributed by atoms with E-state index in [2.05, 4.69) is 9.46 Å². The number of nitrogen functional groups attached to an aromatic ring is 1. The van der Waals surface area contributed by atoms with E-state index in [1.807, 2.05) is 6.92 Å². The highest BCUT2D eigenvalue weighted by Gasteiger charge is 2.23. The zero-order valence-electron chi connectivity index (χ0n) is 11.4. The van der Waals surface area contributed by atoms with Crippen LogP contribution in [-0.2, 0) is 19.5 Å². The first-order chi connectivity index (χ1) is 9.42. The number of benzene rings is 1. The van der Waals surface area contributed by atoms with Crippen LogP contribution in [0.5, 0.6) is 0 Å². The van der Waals surface area contributed by atoms with Crippen molar-refractivity contribution in [3.63, 3.8) is 0 Å². The summed E-state index contributed by atoms with van der Waals surface area (Å²) in [6.07, 6.45) is 0. The molecule has 7 nitrogen and oxygen atoms in total. The molecule has 1 aromatic carbocycles. The molecule has 0 aliphatic carbocycles. The molecule has 0 aromatic heterocycles. The fraction of sp³-hybridized carbons (Fsp3) is 0.417. The quantitative estimate of drug-likeness (QED) is 0.428. The number of anilines is 1. The highest BCUT2D eigenvalue weighted by molar-refractivity contribution is 7.89. The van der Waals surface area contributed by atoms with Crippen LogP contribution in [-0.4, -0.2) is 41.3 Å². The molecule has 0 fully saturated rings. The van der Waals surface area contributed by atoms with Crippen molar-refractivity contribution >= 4 is 21.7 Å². The van der Waals surface area contributed by atoms with Gasteiger partial charge >= 0.3 is 5.97 Å². The number of hydrogen-bond acceptors (Lipinski definition) is 6. The summed E-state index contributed by atoms with van der Waals surface area (Å²) in [5.41, 5.74) is 5.75. The van der Waals surface area contributed by atoms with E-state index < -0.39 is 16.0 Å². The molecule has 0 saturated heterocycles. The van der Waals surface area contributed by atoms with Crippen molar-refractivity contribution in [3.8, 4) is 0 Å². The zero-order valence-corrected chi connectivity index (χ0v) is 12.2. The molecule has 0 atom stereocenters. The maximum Gasteiger partial charge on any atom is 0.339 e. The number of carbonyl (C=O) groups is 1. The summed E-state index contributed by atoms with van der Waals surface area (Å²) in [6, 6.07) is 3.97. The van der Waals surface area contributed by atoms with Crippen LogP contribution in [0.4, 0.5) is 5.69 Å². The molecule has 0 spiro atoms. The molecule has 0 amide bonds. The molecule has 0 heterocycles. The van der Waals surface area contributed by atoms with E-state index in [1.54, 1.807) is 0 Å². The largest absolute Gasteiger partial charge is 0.465 e. The lowest BCUT2D eigenvalue weighted by atomic mass is 10.2. The first kappa shape index (κ1) is 16.4. The predicted molar refractivity (Wildman–Crippen MR) is 73.9 cm³/mol. The maximum atomic E-state index is 12.2. The highest BCUT2D eigenvalue weighted by atomic mass is 32.2. The lowest BCUT2D eigenvalue weighted by molar-refractivity contribution is 0.0596. The topological polar surface area (TPSA) is 108 Å². The first-order valence-electron chi connectivity index (χ1n) is 5.97. The third kappa shape index (κ3) is 4.19. The Morgan fingerprint density at radius 1 is 1.40 bits per heavy atom. The fourth-order valence-electron chi connectivity index (χ4n) is 1.51. The number of ether oxygens (including phenoxy) is 2. The number of rotatable bonds is 7. The van der Waals surface area contributed by atoms with Gasteiger partial charge in [-0.1, -0.05) is 0 Å². The van der Waals surface area contributed by atoms with Crippen LogP contribution < -0.4 is 10.5 Å². The summed E-state index contributed by atoms with van der Waals surface area (Å²) in [4.78, 5) is 11.4. The van der Waals surface area contributed by atoms with E-state index in [0.29, 0.717) is 6.61 Å². The first-order valence-corrected chi connectivity index (χ1v) is 7.46. The number of hydrogen-bond donors (Lipinski definition) is 2. The Morgan fingerprint density at radius 2 is 2.10 bits per heavy atom. The second-order valence-electron chi connectivity index (χ2n) is 3.84. The van der Waals surface area contributed by atoms with Gasteiger partial charge in [-0.25, -0.2) is 17.9 Å². The SMILES string of the molecule is CCOCCNS(=O)(=O)c1cc(N)ccc1C(=O)OC. The van der Waals surface area contributed by atoms with Gasteiger partial charge in [0.05, 0.1) is 24.2 Å². The average molecular weight is 302 g/mol. The summed E-state index contributed by atoms with van der Waals surface area (Å²) in [5, 5.41) is 0. The molecule has 0 aliphatic heterocycles. The average Bonchev–Trinajstić information content (AvgIpc) is 2.42. The van der Waals surface area contributed by atoms with Gasteiger partial charge in [0.15, 0.2) is 0 Å². The van der Waals surface area contributed by atoms with Crippen molar-refractivity contribution in [2.75, 3.05) is 32.6 Å². The molecule has 1 rings (SSSR count). The Balaban J connectivity index is 3.03. The molecule has 0 unspecified atom stereocenters. The molecule has 0 bridgehead atoms. The van der Waals surface area contributed by atoms with E-state index >= 15 is 0 Å². The molecular weight excluding hydrogens is 284 g/mol. The van der Waals surface area contributed by atoms with Crippen molar-refractivity contribution in [3.05, 3.63) is 23.8 Å². The van der Waals surface area contributed by atoms with Gasteiger partial charge < -0.3 is 15.2 Å². The van der Waals surface area contributed by atoms with Crippen LogP contribution in [0.15, 0.2) is 23.1 Å². The Labute approximate surface area is 118 Å². The standard InChI is InChI=1S/C12H18N2O5S/c1-3-19-7-6-14-20(16,17)11-8-9(13)4-5-10(11)12(15)18-2/h4-5,8,14H,3,6-7,13H2,1-2H3. The van der Waals surface area contributed by atoms with Crippen molar-refractivity contribution in [2.24, 2.45) is 0 Å². The minimum absolute atomic E-state index is 0.0643. The fourth-order valence-corrected chi connectivity index (χ4v) is 2.75. The molecule has 3 N–H and O–H groups in total. The van der Waals surface area contributed by atoms with Crippen LogP contribution in [0.25, 0.3) is 0 Å². The minimum atomic E-state index is -3.86. The predicted octanol–water partition coefficient (Wildman–Crippen LogP) is 0.370. The molecular formula is C12H18N2O5S. The highest BCUT2D eigenvalue weighted by Crippen LogP contribution is 2.19. The van der Waals surface area contributed by atoms with Gasteiger partial charge in [0.2, 0.25) is 10.0 Å². The minimum Gasteiger partial charge on any atom is -0.465 e. The van der Waals surface area contributed by atoms with E-state index in [1.165, 1.54) is 25.3 Å². The lowest BCUT2D eigenvalue weighted by Gasteiger charge is -2.11. The summed E-state index contributed by atoms with van der Waals surface area (Å²) in [7, 11) is -2.68. The Kier molecular flexibility index (Phi) is 5.93. The number of nitrogens with two attached hydrogens (primary N) is 1. The molecule has 20 heavy (non-hydrogen) atoms. The van der Waals surface area contributed by atoms with Gasteiger partial charge in [0.1, 0.15) is 0 Å². The summed E-state index contributed by atoms with van der Waals surface area (Å²) in [5.74, 6) is -0.741. The molecule has 1 aromatic rings. The maximum absolute atomic E-state index is 12.2. The molecule has 0 radical (unpaired) electrons. The zero-order chi connectivity index (χ0) is 15.2. The van der Waals surface area contributed by atoms with Crippen LogP contribution in [0.2, 0.25) is 0 Å². The van der Waals surface area contributed by atoms with Crippen LogP contribution >= 0.6 is 0 Å². The Bertz CT molecular complexity index is 571. The number of esters is 1. The summed E-state index contributed by atoms with van der Waals surface area (Å²) in [6.45, 7) is 2.65. The van der Waals surface area contributed by atoms with E-state index in [9.17, 15) is 13.2 Å². The second kappa shape index (κ2) is 7.22. The van der Waals surface area contributed by atoms with Crippen molar-refractivity contribution in [1.82, 2.24) is 4.72 Å². The van der Waals surface area contributed by atoms with Gasteiger partial charge in [-0.2, -0.15) is 0 Å². The van der Waals surface area contributed by atoms with Gasteiger partial charge in [0.25, 0.3) is 0 Å². The third-order valence-corrected chi connectivity index (χ3v) is 3.94. The van der Waals surface area contributed by atoms with Gasteiger partial charge in [-0.05, 0) is 25.1 Å². The Morgan fingerprint density at radius 3 is 2.70 bits per heavy atom. The number of methoxy groups -OCH3 is 1. The molecule has 8 heteroatoms. The summed E-state index contributed by atoms with van der Waals surface area (Å²) < 4.78 is 36.3. The van der Waals surface area contributed by atoms with E-state index in [4.69, 9.17) is 10.5 Å². The van der Waals surface area contributed by atoms with E-state index in [0.717, 1.165) is 0 Å². The molecule has 0 saturated carbocycles. The van der Waals surface area contributed by atoms with Crippen molar-refractivity contribution in [1.29, 1.82) is 0 Å². The number of sulfonamides is 1. The number of nitrogens with one attached hydrogen (secondary N) is 1. The normalized spacial score (nSPS) is 11.3. The molecule has 112 valence electrons. The Hall–Kier alpha value is -1.64. The lowest BCUT2D eigenvalue weighted by Crippen LogP contribution is -2.29. The third-order valence-electron chi connectivity index (χ3n) is 2.44. The van der Waals surface area contributed by atoms with E-state index in [-0.39, 0.29) is 29.3 Å². The van der Waals surface area contributed by atoms with Crippen molar-refractivity contribution < 1.29 is 22.7 Å². The van der Waals surface area contributed by atoms with Crippen molar-refractivity contribution in [2.45, 2.75) is 11.8 Å².